The van der Waals surface area contributed by atoms with Gasteiger partial charge in [-0.25, -0.2) is 0 Å². The van der Waals surface area contributed by atoms with Gasteiger partial charge in [-0.05, 0) is 49.4 Å². The number of nitrogens with zero attached hydrogens (tertiary/aromatic N) is 1. The van der Waals surface area contributed by atoms with E-state index in [1.165, 1.54) is 0 Å². The molecule has 4 heteroatoms. The molecular formula is C18H29NO2Si. The second-order valence-corrected chi connectivity index (χ2v) is 12.5. The Kier molecular flexibility index (Phi) is 4.83. The lowest BCUT2D eigenvalue weighted by Gasteiger charge is -2.47. The molecular weight excluding hydrogens is 290 g/mol. The van der Waals surface area contributed by atoms with Gasteiger partial charge < -0.3 is 9.63 Å². The Balaban J connectivity index is 2.52. The predicted octanol–water partition coefficient (Wildman–Crippen LogP) is 5.31. The summed E-state index contributed by atoms with van der Waals surface area (Å²) in [6, 6.07) is 10.3. The van der Waals surface area contributed by atoms with Crippen LogP contribution in [0.1, 0.15) is 52.0 Å². The van der Waals surface area contributed by atoms with E-state index in [2.05, 4.69) is 51.2 Å². The van der Waals surface area contributed by atoms with E-state index >= 15 is 0 Å². The Morgan fingerprint density at radius 3 is 2.32 bits per heavy atom. The lowest BCUT2D eigenvalue weighted by molar-refractivity contribution is 0.0932. The number of benzene rings is 1. The van der Waals surface area contributed by atoms with E-state index in [4.69, 9.17) is 4.43 Å². The molecule has 0 aliphatic heterocycles. The largest absolute Gasteiger partial charge is 0.411 e. The van der Waals surface area contributed by atoms with Gasteiger partial charge in [-0.2, -0.15) is 0 Å². The average Bonchev–Trinajstić information content (AvgIpc) is 2.47. The predicted molar refractivity (Wildman–Crippen MR) is 94.1 cm³/mol. The maximum atomic E-state index is 9.61. The third-order valence-electron chi connectivity index (χ3n) is 5.25. The highest BCUT2D eigenvalue weighted by molar-refractivity contribution is 6.74. The topological polar surface area (TPSA) is 41.8 Å². The van der Waals surface area contributed by atoms with E-state index < -0.39 is 13.9 Å². The van der Waals surface area contributed by atoms with E-state index in [0.717, 1.165) is 37.0 Å². The molecule has 1 fully saturated rings. The summed E-state index contributed by atoms with van der Waals surface area (Å²) in [5.74, 6) is 0. The van der Waals surface area contributed by atoms with Crippen LogP contribution in [-0.2, 0) is 10.0 Å². The standard InChI is InChI=1S/C18H29NO2Si/c1-17(2,3)22(4,5)21-18(15-11-7-6-8-12-15)14-10-9-13-16(18)19-20/h6-8,11-12,20H,9-10,13-14H2,1-5H3. The van der Waals surface area contributed by atoms with Gasteiger partial charge >= 0.3 is 0 Å². The number of rotatable bonds is 3. The van der Waals surface area contributed by atoms with Crippen LogP contribution in [0, 0.1) is 0 Å². The van der Waals surface area contributed by atoms with Crippen molar-refractivity contribution in [1.29, 1.82) is 0 Å². The molecule has 1 N–H and O–H groups in total. The van der Waals surface area contributed by atoms with Crippen LogP contribution in [0.2, 0.25) is 18.1 Å². The third-order valence-corrected chi connectivity index (χ3v) is 9.73. The molecule has 0 heterocycles. The summed E-state index contributed by atoms with van der Waals surface area (Å²) in [5, 5.41) is 13.4. The van der Waals surface area contributed by atoms with Gasteiger partial charge in [0.2, 0.25) is 0 Å². The molecule has 1 aromatic rings. The maximum absolute atomic E-state index is 9.61. The van der Waals surface area contributed by atoms with Gasteiger partial charge in [0.05, 0.1) is 5.71 Å². The van der Waals surface area contributed by atoms with Gasteiger partial charge in [-0.3, -0.25) is 0 Å². The minimum absolute atomic E-state index is 0.118. The van der Waals surface area contributed by atoms with Crippen molar-refractivity contribution in [2.75, 3.05) is 0 Å². The fraction of sp³-hybridized carbons (Fsp3) is 0.611. The smallest absolute Gasteiger partial charge is 0.193 e. The average molecular weight is 320 g/mol. The summed E-state index contributed by atoms with van der Waals surface area (Å²) >= 11 is 0. The summed E-state index contributed by atoms with van der Waals surface area (Å²) in [6.45, 7) is 11.3. The van der Waals surface area contributed by atoms with Crippen LogP contribution in [0.5, 0.6) is 0 Å². The number of oxime groups is 1. The van der Waals surface area contributed by atoms with Crippen molar-refractivity contribution in [3.05, 3.63) is 35.9 Å². The Hall–Kier alpha value is -1.13. The normalized spacial score (nSPS) is 25.4. The second-order valence-electron chi connectivity index (χ2n) is 7.81. The third kappa shape index (κ3) is 3.13. The maximum Gasteiger partial charge on any atom is 0.193 e. The summed E-state index contributed by atoms with van der Waals surface area (Å²) in [6.07, 6.45) is 3.86. The zero-order chi connectivity index (χ0) is 16.4. The fourth-order valence-electron chi connectivity index (χ4n) is 2.92. The Morgan fingerprint density at radius 1 is 1.14 bits per heavy atom. The van der Waals surface area contributed by atoms with E-state index in [1.807, 2.05) is 18.2 Å². The van der Waals surface area contributed by atoms with Crippen LogP contribution in [0.3, 0.4) is 0 Å². The second kappa shape index (κ2) is 6.17. The van der Waals surface area contributed by atoms with E-state index in [-0.39, 0.29) is 5.04 Å². The summed E-state index contributed by atoms with van der Waals surface area (Å²) in [7, 11) is -2.00. The molecule has 0 saturated heterocycles. The van der Waals surface area contributed by atoms with Crippen molar-refractivity contribution in [2.45, 2.75) is 70.2 Å². The number of hydrogen-bond donors (Lipinski definition) is 1. The van der Waals surface area contributed by atoms with Crippen molar-refractivity contribution in [2.24, 2.45) is 5.16 Å². The van der Waals surface area contributed by atoms with Crippen LogP contribution in [0.15, 0.2) is 35.5 Å². The van der Waals surface area contributed by atoms with Gasteiger partial charge in [0.1, 0.15) is 5.60 Å². The van der Waals surface area contributed by atoms with Crippen LogP contribution >= 0.6 is 0 Å². The van der Waals surface area contributed by atoms with Crippen molar-refractivity contribution in [1.82, 2.24) is 0 Å². The van der Waals surface area contributed by atoms with Crippen molar-refractivity contribution >= 4 is 14.0 Å². The molecule has 0 bridgehead atoms. The molecule has 0 aromatic heterocycles. The van der Waals surface area contributed by atoms with E-state index in [0.29, 0.717) is 0 Å². The highest BCUT2D eigenvalue weighted by Crippen LogP contribution is 2.46. The molecule has 3 nitrogen and oxygen atoms in total. The Bertz CT molecular complexity index is 534. The first-order valence-electron chi connectivity index (χ1n) is 8.20. The van der Waals surface area contributed by atoms with Gasteiger partial charge in [0.15, 0.2) is 8.32 Å². The Morgan fingerprint density at radius 2 is 1.77 bits per heavy atom. The molecule has 0 radical (unpaired) electrons. The lowest BCUT2D eigenvalue weighted by atomic mass is 9.78. The number of hydrogen-bond acceptors (Lipinski definition) is 3. The van der Waals surface area contributed by atoms with Crippen LogP contribution in [0.25, 0.3) is 0 Å². The molecule has 0 spiro atoms. The highest BCUT2D eigenvalue weighted by Gasteiger charge is 2.49. The van der Waals surface area contributed by atoms with Crippen LogP contribution < -0.4 is 0 Å². The van der Waals surface area contributed by atoms with Gasteiger partial charge in [-0.15, -0.1) is 0 Å². The molecule has 22 heavy (non-hydrogen) atoms. The first kappa shape index (κ1) is 17.2. The van der Waals surface area contributed by atoms with Gasteiger partial charge in [0, 0.05) is 0 Å². The summed E-state index contributed by atoms with van der Waals surface area (Å²) in [5.41, 5.74) is 1.35. The molecule has 2 rings (SSSR count). The van der Waals surface area contributed by atoms with Crippen LogP contribution in [-0.4, -0.2) is 19.2 Å². The molecule has 1 aliphatic carbocycles. The highest BCUT2D eigenvalue weighted by atomic mass is 28.4. The zero-order valence-corrected chi connectivity index (χ0v) is 15.5. The van der Waals surface area contributed by atoms with Crippen molar-refractivity contribution in [3.63, 3.8) is 0 Å². The summed E-state index contributed by atoms with van der Waals surface area (Å²) in [4.78, 5) is 0. The van der Waals surface area contributed by atoms with Crippen molar-refractivity contribution < 1.29 is 9.63 Å². The summed E-state index contributed by atoms with van der Waals surface area (Å²) < 4.78 is 6.87. The Labute approximate surface area is 135 Å². The minimum atomic E-state index is -2.00. The lowest BCUT2D eigenvalue weighted by Crippen LogP contribution is -2.53. The molecule has 1 atom stereocenters. The first-order valence-corrected chi connectivity index (χ1v) is 11.1. The molecule has 1 saturated carbocycles. The van der Waals surface area contributed by atoms with E-state index in [9.17, 15) is 5.21 Å². The quantitative estimate of drug-likeness (QED) is 0.466. The van der Waals surface area contributed by atoms with Gasteiger partial charge in [0.25, 0.3) is 0 Å². The fourth-order valence-corrected chi connectivity index (χ4v) is 4.43. The monoisotopic (exact) mass is 319 g/mol. The first-order chi connectivity index (χ1) is 10.2. The molecule has 1 unspecified atom stereocenters. The van der Waals surface area contributed by atoms with Gasteiger partial charge in [-0.1, -0.05) is 56.3 Å². The SMILES string of the molecule is CC(C)(C)[Si](C)(C)OC1(c2ccccc2)CCCCC1=NO. The molecule has 122 valence electrons. The van der Waals surface area contributed by atoms with E-state index in [1.54, 1.807) is 0 Å². The van der Waals surface area contributed by atoms with Crippen molar-refractivity contribution in [3.8, 4) is 0 Å². The molecule has 1 aromatic carbocycles. The molecule has 1 aliphatic rings. The zero-order valence-electron chi connectivity index (χ0n) is 14.5. The van der Waals surface area contributed by atoms with Crippen LogP contribution in [0.4, 0.5) is 0 Å². The minimum Gasteiger partial charge on any atom is -0.411 e. The molecule has 0 amide bonds.